The van der Waals surface area contributed by atoms with Gasteiger partial charge in [0.1, 0.15) is 0 Å². The molecule has 1 aromatic heterocycles. The zero-order valence-electron chi connectivity index (χ0n) is 13.4. The molecule has 1 heterocycles. The molecule has 0 amide bonds. The number of rotatable bonds is 3. The zero-order chi connectivity index (χ0) is 17.1. The second-order valence-electron chi connectivity index (χ2n) is 5.64. The van der Waals surface area contributed by atoms with Gasteiger partial charge in [0, 0.05) is 33.7 Å². The van der Waals surface area contributed by atoms with Crippen molar-refractivity contribution in [2.24, 2.45) is 5.10 Å². The topological polar surface area (TPSA) is 52.2 Å². The third kappa shape index (κ3) is 3.22. The molecule has 122 valence electrons. The average Bonchev–Trinajstić information content (AvgIpc) is 3.05. The number of benzene rings is 3. The summed E-state index contributed by atoms with van der Waals surface area (Å²) in [5.41, 5.74) is 5.93. The Morgan fingerprint density at radius 1 is 0.920 bits per heavy atom. The Balaban J connectivity index is 1.47. The first-order valence-corrected chi connectivity index (χ1v) is 8.36. The molecule has 5 heteroatoms. The number of hydrazone groups is 1. The minimum atomic E-state index is 0.451. The summed E-state index contributed by atoms with van der Waals surface area (Å²) in [6, 6.07) is 22.4. The van der Waals surface area contributed by atoms with Crippen LogP contribution in [0.25, 0.3) is 21.7 Å². The molecule has 0 unspecified atom stereocenters. The standard InChI is InChI=1S/C20H16N4S/c25-20(23-19-11-5-7-14-6-1-2-8-16(14)19)24-22-13-15-12-21-18-10-4-3-9-17(15)18/h1-13,21H,(H2,23,24,25)/b22-13+. The van der Waals surface area contributed by atoms with E-state index < -0.39 is 0 Å². The van der Waals surface area contributed by atoms with E-state index in [-0.39, 0.29) is 0 Å². The van der Waals surface area contributed by atoms with Crippen LogP contribution in [0.5, 0.6) is 0 Å². The van der Waals surface area contributed by atoms with Crippen LogP contribution in [0.1, 0.15) is 5.56 Å². The van der Waals surface area contributed by atoms with Crippen LogP contribution in [-0.2, 0) is 0 Å². The van der Waals surface area contributed by atoms with Crippen molar-refractivity contribution in [2.45, 2.75) is 0 Å². The number of anilines is 1. The molecule has 4 rings (SSSR count). The highest BCUT2D eigenvalue weighted by molar-refractivity contribution is 7.80. The minimum Gasteiger partial charge on any atom is -0.361 e. The Labute approximate surface area is 150 Å². The molecule has 0 aliphatic heterocycles. The van der Waals surface area contributed by atoms with Crippen molar-refractivity contribution in [2.75, 3.05) is 5.32 Å². The van der Waals surface area contributed by atoms with E-state index in [1.54, 1.807) is 6.21 Å². The van der Waals surface area contributed by atoms with E-state index in [1.165, 1.54) is 0 Å². The van der Waals surface area contributed by atoms with Gasteiger partial charge >= 0.3 is 0 Å². The van der Waals surface area contributed by atoms with Gasteiger partial charge in [0.05, 0.1) is 6.21 Å². The van der Waals surface area contributed by atoms with E-state index in [0.717, 1.165) is 32.9 Å². The number of para-hydroxylation sites is 1. The molecule has 25 heavy (non-hydrogen) atoms. The lowest BCUT2D eigenvalue weighted by molar-refractivity contribution is 1.05. The monoisotopic (exact) mass is 344 g/mol. The number of hydrogen-bond donors (Lipinski definition) is 3. The molecule has 4 nitrogen and oxygen atoms in total. The van der Waals surface area contributed by atoms with Crippen LogP contribution in [0, 0.1) is 0 Å². The van der Waals surface area contributed by atoms with Gasteiger partial charge < -0.3 is 10.3 Å². The molecule has 0 bridgehead atoms. The van der Waals surface area contributed by atoms with Gasteiger partial charge in [-0.25, -0.2) is 0 Å². The minimum absolute atomic E-state index is 0.451. The van der Waals surface area contributed by atoms with Crippen molar-refractivity contribution in [1.82, 2.24) is 10.4 Å². The lowest BCUT2D eigenvalue weighted by atomic mass is 10.1. The fraction of sp³-hybridized carbons (Fsp3) is 0. The Morgan fingerprint density at radius 3 is 2.60 bits per heavy atom. The summed E-state index contributed by atoms with van der Waals surface area (Å²) in [6.07, 6.45) is 3.69. The van der Waals surface area contributed by atoms with Crippen LogP contribution in [0.2, 0.25) is 0 Å². The number of hydrogen-bond acceptors (Lipinski definition) is 2. The molecule has 0 spiro atoms. The van der Waals surface area contributed by atoms with E-state index in [4.69, 9.17) is 12.2 Å². The van der Waals surface area contributed by atoms with Crippen molar-refractivity contribution in [3.8, 4) is 0 Å². The van der Waals surface area contributed by atoms with E-state index in [1.807, 2.05) is 48.7 Å². The van der Waals surface area contributed by atoms with Crippen molar-refractivity contribution in [1.29, 1.82) is 0 Å². The summed E-state index contributed by atoms with van der Waals surface area (Å²) in [7, 11) is 0. The summed E-state index contributed by atoms with van der Waals surface area (Å²) < 4.78 is 0. The number of thiocarbonyl (C=S) groups is 1. The lowest BCUT2D eigenvalue weighted by Crippen LogP contribution is -2.23. The molecule has 0 saturated heterocycles. The Morgan fingerprint density at radius 2 is 1.68 bits per heavy atom. The van der Waals surface area contributed by atoms with Gasteiger partial charge in [0.25, 0.3) is 0 Å². The van der Waals surface area contributed by atoms with Crippen molar-refractivity contribution in [3.63, 3.8) is 0 Å². The quantitative estimate of drug-likeness (QED) is 0.288. The molecule has 0 radical (unpaired) electrons. The van der Waals surface area contributed by atoms with Crippen molar-refractivity contribution < 1.29 is 0 Å². The van der Waals surface area contributed by atoms with Crippen LogP contribution < -0.4 is 10.7 Å². The van der Waals surface area contributed by atoms with Crippen LogP contribution >= 0.6 is 12.2 Å². The predicted octanol–water partition coefficient (Wildman–Crippen LogP) is 4.64. The van der Waals surface area contributed by atoms with E-state index in [9.17, 15) is 0 Å². The molecule has 0 atom stereocenters. The largest absolute Gasteiger partial charge is 0.361 e. The van der Waals surface area contributed by atoms with Crippen molar-refractivity contribution >= 4 is 50.9 Å². The summed E-state index contributed by atoms with van der Waals surface area (Å²) in [5.74, 6) is 0. The Bertz CT molecular complexity index is 1080. The molecule has 0 fully saturated rings. The maximum absolute atomic E-state index is 5.35. The lowest BCUT2D eigenvalue weighted by Gasteiger charge is -2.09. The van der Waals surface area contributed by atoms with Gasteiger partial charge in [0.15, 0.2) is 5.11 Å². The second-order valence-corrected chi connectivity index (χ2v) is 6.05. The number of fused-ring (bicyclic) bond motifs is 2. The maximum Gasteiger partial charge on any atom is 0.191 e. The van der Waals surface area contributed by atoms with Crippen LogP contribution in [0.4, 0.5) is 5.69 Å². The summed E-state index contributed by atoms with van der Waals surface area (Å²) in [4.78, 5) is 3.22. The Kier molecular flexibility index (Phi) is 4.14. The smallest absolute Gasteiger partial charge is 0.191 e. The third-order valence-corrected chi connectivity index (χ3v) is 4.22. The molecule has 3 N–H and O–H groups in total. The fourth-order valence-corrected chi connectivity index (χ4v) is 3.01. The molecular formula is C20H16N4S. The number of nitrogens with zero attached hydrogens (tertiary/aromatic N) is 1. The first-order valence-electron chi connectivity index (χ1n) is 7.95. The number of H-pyrrole nitrogens is 1. The highest BCUT2D eigenvalue weighted by Gasteiger charge is 2.02. The summed E-state index contributed by atoms with van der Waals surface area (Å²) >= 11 is 5.35. The van der Waals surface area contributed by atoms with Gasteiger partial charge in [-0.3, -0.25) is 5.43 Å². The van der Waals surface area contributed by atoms with E-state index in [0.29, 0.717) is 5.11 Å². The zero-order valence-corrected chi connectivity index (χ0v) is 14.2. The highest BCUT2D eigenvalue weighted by Crippen LogP contribution is 2.22. The normalized spacial score (nSPS) is 11.2. The number of aromatic nitrogens is 1. The predicted molar refractivity (Wildman–Crippen MR) is 109 cm³/mol. The molecular weight excluding hydrogens is 328 g/mol. The van der Waals surface area contributed by atoms with Gasteiger partial charge in [0.2, 0.25) is 0 Å². The summed E-state index contributed by atoms with van der Waals surface area (Å²) in [6.45, 7) is 0. The van der Waals surface area contributed by atoms with E-state index >= 15 is 0 Å². The summed E-state index contributed by atoms with van der Waals surface area (Å²) in [5, 5.41) is 11.3. The van der Waals surface area contributed by atoms with E-state index in [2.05, 4.69) is 45.1 Å². The molecule has 0 aliphatic rings. The molecule has 4 aromatic rings. The first kappa shape index (κ1) is 15.4. The fourth-order valence-electron chi connectivity index (χ4n) is 2.85. The highest BCUT2D eigenvalue weighted by atomic mass is 32.1. The van der Waals surface area contributed by atoms with Crippen molar-refractivity contribution in [3.05, 3.63) is 78.5 Å². The first-order chi connectivity index (χ1) is 12.3. The van der Waals surface area contributed by atoms with Gasteiger partial charge in [-0.05, 0) is 29.7 Å². The van der Waals surface area contributed by atoms with Crippen LogP contribution in [0.3, 0.4) is 0 Å². The maximum atomic E-state index is 5.35. The van der Waals surface area contributed by atoms with Gasteiger partial charge in [-0.15, -0.1) is 0 Å². The number of aromatic amines is 1. The SMILES string of the molecule is S=C(N/N=C/c1c[nH]c2ccccc12)Nc1cccc2ccccc12. The van der Waals surface area contributed by atoms with Gasteiger partial charge in [-0.2, -0.15) is 5.10 Å². The molecule has 3 aromatic carbocycles. The number of nitrogens with one attached hydrogen (secondary N) is 3. The van der Waals surface area contributed by atoms with Crippen LogP contribution in [-0.4, -0.2) is 16.3 Å². The molecule has 0 saturated carbocycles. The molecule has 0 aliphatic carbocycles. The average molecular weight is 344 g/mol. The Hall–Kier alpha value is -3.18. The van der Waals surface area contributed by atoms with Gasteiger partial charge in [-0.1, -0.05) is 54.6 Å². The van der Waals surface area contributed by atoms with Crippen LogP contribution in [0.15, 0.2) is 78.0 Å². The second kappa shape index (κ2) is 6.75. The third-order valence-electron chi connectivity index (χ3n) is 4.03.